The summed E-state index contributed by atoms with van der Waals surface area (Å²) in [6.45, 7) is 3.38. The fourth-order valence-electron chi connectivity index (χ4n) is 2.53. The maximum absolute atomic E-state index is 6.22. The number of hydrogen-bond donors (Lipinski definition) is 3. The smallest absolute Gasteiger partial charge is 0.159 e. The van der Waals surface area contributed by atoms with E-state index in [2.05, 4.69) is 31.7 Å². The first-order chi connectivity index (χ1) is 12.2. The molecule has 0 radical (unpaired) electrons. The Morgan fingerprint density at radius 2 is 1.96 bits per heavy atom. The molecule has 0 fully saturated rings. The average molecular weight is 338 g/mol. The molecule has 0 spiro atoms. The Bertz CT molecular complexity index is 867. The molecular weight excluding hydrogens is 316 g/mol. The molecule has 0 aliphatic heterocycles. The number of rotatable bonds is 7. The van der Waals surface area contributed by atoms with E-state index in [4.69, 9.17) is 10.5 Å². The molecule has 130 valence electrons. The number of nitrogens with one attached hydrogen (secondary N) is 2. The van der Waals surface area contributed by atoms with Crippen LogP contribution in [0.2, 0.25) is 0 Å². The Hall–Kier alpha value is -2.93. The van der Waals surface area contributed by atoms with Crippen molar-refractivity contribution in [1.82, 2.24) is 15.0 Å². The SMILES string of the molecule is COCCCNc1ncnc(Nc2cccc3ccc(C)nc23)c1N. The number of benzene rings is 1. The maximum Gasteiger partial charge on any atom is 0.159 e. The number of nitrogens with zero attached hydrogens (tertiary/aromatic N) is 3. The quantitative estimate of drug-likeness (QED) is 0.569. The van der Waals surface area contributed by atoms with Crippen LogP contribution in [-0.4, -0.2) is 35.2 Å². The van der Waals surface area contributed by atoms with Crippen LogP contribution in [0.5, 0.6) is 0 Å². The van der Waals surface area contributed by atoms with E-state index in [0.717, 1.165) is 35.2 Å². The van der Waals surface area contributed by atoms with Crippen LogP contribution < -0.4 is 16.4 Å². The van der Waals surface area contributed by atoms with Gasteiger partial charge in [-0.25, -0.2) is 9.97 Å². The highest BCUT2D eigenvalue weighted by Crippen LogP contribution is 2.29. The van der Waals surface area contributed by atoms with E-state index in [-0.39, 0.29) is 0 Å². The molecule has 1 aromatic carbocycles. The highest BCUT2D eigenvalue weighted by atomic mass is 16.5. The van der Waals surface area contributed by atoms with Gasteiger partial charge in [-0.1, -0.05) is 18.2 Å². The number of fused-ring (bicyclic) bond motifs is 1. The molecule has 7 nitrogen and oxygen atoms in total. The normalized spacial score (nSPS) is 10.8. The molecule has 3 rings (SSSR count). The van der Waals surface area contributed by atoms with E-state index in [0.29, 0.717) is 23.9 Å². The molecule has 7 heteroatoms. The van der Waals surface area contributed by atoms with E-state index in [1.54, 1.807) is 7.11 Å². The van der Waals surface area contributed by atoms with Crippen LogP contribution in [0.1, 0.15) is 12.1 Å². The lowest BCUT2D eigenvalue weighted by Crippen LogP contribution is -2.10. The average Bonchev–Trinajstić information content (AvgIpc) is 2.62. The highest BCUT2D eigenvalue weighted by molar-refractivity contribution is 5.93. The van der Waals surface area contributed by atoms with Gasteiger partial charge >= 0.3 is 0 Å². The molecular formula is C18H22N6O. The third-order valence-corrected chi connectivity index (χ3v) is 3.81. The number of anilines is 4. The van der Waals surface area contributed by atoms with Gasteiger partial charge in [0.25, 0.3) is 0 Å². The lowest BCUT2D eigenvalue weighted by Gasteiger charge is -2.13. The van der Waals surface area contributed by atoms with Crippen molar-refractivity contribution in [3.05, 3.63) is 42.4 Å². The van der Waals surface area contributed by atoms with Gasteiger partial charge in [0, 0.05) is 31.3 Å². The Morgan fingerprint density at radius 1 is 1.12 bits per heavy atom. The van der Waals surface area contributed by atoms with Gasteiger partial charge in [-0.2, -0.15) is 0 Å². The predicted octanol–water partition coefficient (Wildman–Crippen LogP) is 3.11. The first-order valence-electron chi connectivity index (χ1n) is 8.15. The zero-order valence-corrected chi connectivity index (χ0v) is 14.4. The van der Waals surface area contributed by atoms with Crippen molar-refractivity contribution in [2.75, 3.05) is 36.6 Å². The van der Waals surface area contributed by atoms with Gasteiger partial charge in [0.1, 0.15) is 12.0 Å². The number of nitrogens with two attached hydrogens (primary N) is 1. The summed E-state index contributed by atoms with van der Waals surface area (Å²) >= 11 is 0. The lowest BCUT2D eigenvalue weighted by molar-refractivity contribution is 0.198. The molecule has 0 saturated carbocycles. The molecule has 4 N–H and O–H groups in total. The summed E-state index contributed by atoms with van der Waals surface area (Å²) in [4.78, 5) is 13.1. The minimum absolute atomic E-state index is 0.476. The van der Waals surface area contributed by atoms with Crippen molar-refractivity contribution in [2.24, 2.45) is 0 Å². The van der Waals surface area contributed by atoms with Crippen molar-refractivity contribution in [3.63, 3.8) is 0 Å². The topological polar surface area (TPSA) is 98.0 Å². The second-order valence-electron chi connectivity index (χ2n) is 5.71. The zero-order chi connectivity index (χ0) is 17.6. The van der Waals surface area contributed by atoms with Gasteiger partial charge in [-0.15, -0.1) is 0 Å². The van der Waals surface area contributed by atoms with E-state index in [1.807, 2.05) is 31.2 Å². The Balaban J connectivity index is 1.85. The van der Waals surface area contributed by atoms with Crippen LogP contribution in [0.25, 0.3) is 10.9 Å². The van der Waals surface area contributed by atoms with Crippen LogP contribution in [0, 0.1) is 6.92 Å². The monoisotopic (exact) mass is 338 g/mol. The summed E-state index contributed by atoms with van der Waals surface area (Å²) in [5, 5.41) is 7.55. The molecule has 0 bridgehead atoms. The van der Waals surface area contributed by atoms with Gasteiger partial charge in [0.2, 0.25) is 0 Å². The van der Waals surface area contributed by atoms with Gasteiger partial charge in [-0.3, -0.25) is 4.98 Å². The number of nitrogen functional groups attached to an aromatic ring is 1. The number of aryl methyl sites for hydroxylation is 1. The Labute approximate surface area is 146 Å². The van der Waals surface area contributed by atoms with Crippen molar-refractivity contribution < 1.29 is 4.74 Å². The molecule has 2 aromatic heterocycles. The first kappa shape index (κ1) is 16.9. The van der Waals surface area contributed by atoms with Crippen LogP contribution in [-0.2, 0) is 4.74 Å². The maximum atomic E-state index is 6.22. The van der Waals surface area contributed by atoms with E-state index >= 15 is 0 Å². The molecule has 0 saturated heterocycles. The van der Waals surface area contributed by atoms with Crippen LogP contribution >= 0.6 is 0 Å². The summed E-state index contributed by atoms with van der Waals surface area (Å²) in [6, 6.07) is 10.0. The van der Waals surface area contributed by atoms with Crippen LogP contribution in [0.15, 0.2) is 36.7 Å². The Kier molecular flexibility index (Phi) is 5.25. The van der Waals surface area contributed by atoms with Crippen molar-refractivity contribution in [3.8, 4) is 0 Å². The largest absolute Gasteiger partial charge is 0.393 e. The van der Waals surface area contributed by atoms with Gasteiger partial charge < -0.3 is 21.1 Å². The van der Waals surface area contributed by atoms with E-state index in [1.165, 1.54) is 6.33 Å². The summed E-state index contributed by atoms with van der Waals surface area (Å²) in [6.07, 6.45) is 2.36. The third kappa shape index (κ3) is 3.95. The highest BCUT2D eigenvalue weighted by Gasteiger charge is 2.10. The zero-order valence-electron chi connectivity index (χ0n) is 14.4. The molecule has 0 amide bonds. The predicted molar refractivity (Wildman–Crippen MR) is 101 cm³/mol. The molecule has 2 heterocycles. The molecule has 3 aromatic rings. The number of aromatic nitrogens is 3. The van der Waals surface area contributed by atoms with Crippen molar-refractivity contribution in [2.45, 2.75) is 13.3 Å². The molecule has 0 unspecified atom stereocenters. The van der Waals surface area contributed by atoms with Gasteiger partial charge in [-0.05, 0) is 25.5 Å². The number of pyridine rings is 1. The number of methoxy groups -OCH3 is 1. The number of ether oxygens (including phenoxy) is 1. The standard InChI is InChI=1S/C18H22N6O/c1-12-7-8-13-5-3-6-14(16(13)23-12)24-18-15(19)17(21-11-22-18)20-9-4-10-25-2/h3,5-8,11H,4,9-10,19H2,1-2H3,(H2,20,21,22,24). The molecule has 0 aliphatic carbocycles. The molecule has 25 heavy (non-hydrogen) atoms. The summed E-state index contributed by atoms with van der Waals surface area (Å²) < 4.78 is 5.04. The number of hydrogen-bond acceptors (Lipinski definition) is 7. The van der Waals surface area contributed by atoms with Crippen molar-refractivity contribution >= 4 is 33.9 Å². The van der Waals surface area contributed by atoms with Gasteiger partial charge in [0.05, 0.1) is 11.2 Å². The Morgan fingerprint density at radius 3 is 2.80 bits per heavy atom. The lowest BCUT2D eigenvalue weighted by atomic mass is 10.1. The fraction of sp³-hybridized carbons (Fsp3) is 0.278. The number of para-hydroxylation sites is 1. The van der Waals surface area contributed by atoms with Crippen LogP contribution in [0.3, 0.4) is 0 Å². The van der Waals surface area contributed by atoms with Crippen molar-refractivity contribution in [1.29, 1.82) is 0 Å². The van der Waals surface area contributed by atoms with E-state index < -0.39 is 0 Å². The minimum atomic E-state index is 0.476. The summed E-state index contributed by atoms with van der Waals surface area (Å²) in [5.74, 6) is 1.16. The van der Waals surface area contributed by atoms with Crippen LogP contribution in [0.4, 0.5) is 23.0 Å². The minimum Gasteiger partial charge on any atom is -0.393 e. The van der Waals surface area contributed by atoms with E-state index in [9.17, 15) is 0 Å². The third-order valence-electron chi connectivity index (χ3n) is 3.81. The molecule has 0 aliphatic rings. The van der Waals surface area contributed by atoms with Gasteiger partial charge in [0.15, 0.2) is 11.6 Å². The molecule has 0 atom stereocenters. The first-order valence-corrected chi connectivity index (χ1v) is 8.15. The summed E-state index contributed by atoms with van der Waals surface area (Å²) in [7, 11) is 1.68. The second-order valence-corrected chi connectivity index (χ2v) is 5.71. The summed E-state index contributed by atoms with van der Waals surface area (Å²) in [5.41, 5.74) is 9.39. The second kappa shape index (κ2) is 7.76. The fourth-order valence-corrected chi connectivity index (χ4v) is 2.53.